The van der Waals surface area contributed by atoms with Gasteiger partial charge in [-0.05, 0) is 6.07 Å². The molecule has 0 bridgehead atoms. The van der Waals surface area contributed by atoms with Crippen LogP contribution in [0.2, 0.25) is 0 Å². The number of nitrogens with two attached hydrogens (primary N) is 1. The molecule has 0 saturated heterocycles. The lowest BCUT2D eigenvalue weighted by molar-refractivity contribution is 0.0829. The number of nitrogen functional groups attached to an aromatic ring is 1. The third kappa shape index (κ3) is 1.86. The Morgan fingerprint density at radius 3 is 2.62 bits per heavy atom. The zero-order chi connectivity index (χ0) is 10.0. The summed E-state index contributed by atoms with van der Waals surface area (Å²) in [6.07, 6.45) is 0.688. The van der Waals surface area contributed by atoms with E-state index in [-0.39, 0.29) is 5.91 Å². The molecule has 70 valence electrons. The number of amides is 1. The minimum Gasteiger partial charge on any atom is -0.390 e. The van der Waals surface area contributed by atoms with Crippen molar-refractivity contribution in [1.82, 2.24) is 4.90 Å². The van der Waals surface area contributed by atoms with Crippen molar-refractivity contribution in [2.45, 2.75) is 0 Å². The highest BCUT2D eigenvalue weighted by atomic mass is 32.1. The fraction of sp³-hybridized carbons (Fsp3) is 0.250. The van der Waals surface area contributed by atoms with E-state index in [1.54, 1.807) is 14.1 Å². The average Bonchev–Trinajstić information content (AvgIpc) is 2.45. The van der Waals surface area contributed by atoms with Crippen LogP contribution >= 0.6 is 11.3 Å². The van der Waals surface area contributed by atoms with Crippen molar-refractivity contribution in [2.75, 3.05) is 19.8 Å². The Morgan fingerprint density at radius 2 is 2.23 bits per heavy atom. The lowest BCUT2D eigenvalue weighted by Gasteiger charge is -2.08. The quantitative estimate of drug-likeness (QED) is 0.716. The fourth-order valence-electron chi connectivity index (χ4n) is 0.891. The van der Waals surface area contributed by atoms with Gasteiger partial charge in [-0.3, -0.25) is 9.59 Å². The minimum absolute atomic E-state index is 0.179. The number of thiophene rings is 1. The number of hydrogen-bond acceptors (Lipinski definition) is 4. The first-order chi connectivity index (χ1) is 6.06. The molecule has 13 heavy (non-hydrogen) atoms. The van der Waals surface area contributed by atoms with Crippen molar-refractivity contribution in [1.29, 1.82) is 0 Å². The topological polar surface area (TPSA) is 63.4 Å². The first-order valence-electron chi connectivity index (χ1n) is 3.62. The summed E-state index contributed by atoms with van der Waals surface area (Å²) in [4.78, 5) is 23.7. The van der Waals surface area contributed by atoms with Crippen molar-refractivity contribution in [3.05, 3.63) is 16.5 Å². The molecule has 0 spiro atoms. The first kappa shape index (κ1) is 9.73. The smallest absolute Gasteiger partial charge is 0.256 e. The number of anilines is 1. The monoisotopic (exact) mass is 198 g/mol. The molecule has 0 aliphatic rings. The average molecular weight is 198 g/mol. The first-order valence-corrected chi connectivity index (χ1v) is 4.44. The molecule has 1 heterocycles. The van der Waals surface area contributed by atoms with E-state index in [1.807, 2.05) is 0 Å². The Hall–Kier alpha value is -1.36. The van der Waals surface area contributed by atoms with Crippen LogP contribution in [-0.2, 0) is 0 Å². The summed E-state index contributed by atoms with van der Waals surface area (Å²) in [5.41, 5.74) is 5.97. The van der Waals surface area contributed by atoms with Gasteiger partial charge < -0.3 is 10.6 Å². The normalized spacial score (nSPS) is 9.69. The van der Waals surface area contributed by atoms with Crippen molar-refractivity contribution >= 4 is 28.5 Å². The highest BCUT2D eigenvalue weighted by Crippen LogP contribution is 2.24. The maximum atomic E-state index is 11.4. The van der Waals surface area contributed by atoms with Crippen molar-refractivity contribution in [3.8, 4) is 0 Å². The molecule has 1 amide bonds. The van der Waals surface area contributed by atoms with Crippen molar-refractivity contribution in [2.24, 2.45) is 0 Å². The van der Waals surface area contributed by atoms with Crippen LogP contribution in [0.25, 0.3) is 0 Å². The van der Waals surface area contributed by atoms with Crippen LogP contribution in [0.4, 0.5) is 5.00 Å². The van der Waals surface area contributed by atoms with Crippen LogP contribution in [0.3, 0.4) is 0 Å². The van der Waals surface area contributed by atoms with Gasteiger partial charge in [0.15, 0.2) is 6.29 Å². The molecule has 4 nitrogen and oxygen atoms in total. The summed E-state index contributed by atoms with van der Waals surface area (Å²) in [7, 11) is 3.28. The number of aldehydes is 1. The van der Waals surface area contributed by atoms with Crippen LogP contribution < -0.4 is 5.73 Å². The van der Waals surface area contributed by atoms with E-state index in [9.17, 15) is 9.59 Å². The van der Waals surface area contributed by atoms with Gasteiger partial charge in [0.05, 0.1) is 15.4 Å². The van der Waals surface area contributed by atoms with E-state index in [4.69, 9.17) is 5.73 Å². The minimum atomic E-state index is -0.179. The number of hydrogen-bond donors (Lipinski definition) is 1. The van der Waals surface area contributed by atoms with Crippen LogP contribution in [0.1, 0.15) is 20.0 Å². The number of carbonyl (C=O) groups excluding carboxylic acids is 2. The largest absolute Gasteiger partial charge is 0.390 e. The molecule has 2 N–H and O–H groups in total. The van der Waals surface area contributed by atoms with Gasteiger partial charge in [0, 0.05) is 14.1 Å². The van der Waals surface area contributed by atoms with Gasteiger partial charge in [-0.25, -0.2) is 0 Å². The standard InChI is InChI=1S/C8H10N2O2S/c1-10(2)8(12)6-3-5(4-11)13-7(6)9/h3-4H,9H2,1-2H3. The van der Waals surface area contributed by atoms with Crippen LogP contribution in [0, 0.1) is 0 Å². The van der Waals surface area contributed by atoms with E-state index in [1.165, 1.54) is 11.0 Å². The maximum absolute atomic E-state index is 11.4. The summed E-state index contributed by atoms with van der Waals surface area (Å²) >= 11 is 1.12. The summed E-state index contributed by atoms with van der Waals surface area (Å²) in [6, 6.07) is 1.51. The Morgan fingerprint density at radius 1 is 1.62 bits per heavy atom. The second-order valence-corrected chi connectivity index (χ2v) is 3.86. The van der Waals surface area contributed by atoms with Gasteiger partial charge in [-0.15, -0.1) is 11.3 Å². The van der Waals surface area contributed by atoms with Gasteiger partial charge in [0.1, 0.15) is 0 Å². The Balaban J connectivity index is 3.07. The Kier molecular flexibility index (Phi) is 2.67. The third-order valence-corrected chi connectivity index (χ3v) is 2.42. The summed E-state index contributed by atoms with van der Waals surface area (Å²) in [5.74, 6) is -0.179. The van der Waals surface area contributed by atoms with Crippen molar-refractivity contribution < 1.29 is 9.59 Å². The zero-order valence-electron chi connectivity index (χ0n) is 7.40. The van der Waals surface area contributed by atoms with Crippen molar-refractivity contribution in [3.63, 3.8) is 0 Å². The fourth-order valence-corrected chi connectivity index (χ4v) is 1.63. The molecule has 0 fully saturated rings. The highest BCUT2D eigenvalue weighted by molar-refractivity contribution is 7.17. The Labute approximate surface area is 80.0 Å². The van der Waals surface area contributed by atoms with E-state index in [0.717, 1.165) is 11.3 Å². The molecule has 0 saturated carbocycles. The molecule has 5 heteroatoms. The predicted octanol–water partition coefficient (Wildman–Crippen LogP) is 0.845. The van der Waals surface area contributed by atoms with E-state index in [2.05, 4.69) is 0 Å². The molecule has 0 aliphatic carbocycles. The second-order valence-electron chi connectivity index (χ2n) is 2.74. The summed E-state index contributed by atoms with van der Waals surface area (Å²) < 4.78 is 0. The van der Waals surface area contributed by atoms with E-state index < -0.39 is 0 Å². The number of carbonyl (C=O) groups is 2. The molecule has 1 aromatic heterocycles. The predicted molar refractivity (Wildman–Crippen MR) is 52.1 cm³/mol. The van der Waals surface area contributed by atoms with Gasteiger partial charge in [0.2, 0.25) is 0 Å². The molecular weight excluding hydrogens is 188 g/mol. The van der Waals surface area contributed by atoms with Crippen LogP contribution in [-0.4, -0.2) is 31.2 Å². The molecule has 0 aliphatic heterocycles. The van der Waals surface area contributed by atoms with Crippen LogP contribution in [0.15, 0.2) is 6.07 Å². The molecule has 0 aromatic carbocycles. The molecular formula is C8H10N2O2S. The highest BCUT2D eigenvalue weighted by Gasteiger charge is 2.14. The molecule has 0 radical (unpaired) electrons. The second kappa shape index (κ2) is 3.57. The molecule has 1 aromatic rings. The van der Waals surface area contributed by atoms with Gasteiger partial charge in [-0.1, -0.05) is 0 Å². The van der Waals surface area contributed by atoms with E-state index >= 15 is 0 Å². The van der Waals surface area contributed by atoms with Gasteiger partial charge in [-0.2, -0.15) is 0 Å². The van der Waals surface area contributed by atoms with Gasteiger partial charge in [0.25, 0.3) is 5.91 Å². The lowest BCUT2D eigenvalue weighted by atomic mass is 10.2. The lowest BCUT2D eigenvalue weighted by Crippen LogP contribution is -2.21. The molecule has 0 unspecified atom stereocenters. The number of rotatable bonds is 2. The third-order valence-electron chi connectivity index (χ3n) is 1.53. The zero-order valence-corrected chi connectivity index (χ0v) is 8.22. The number of nitrogens with zero attached hydrogens (tertiary/aromatic N) is 1. The molecule has 1 rings (SSSR count). The SMILES string of the molecule is CN(C)C(=O)c1cc(C=O)sc1N. The van der Waals surface area contributed by atoms with E-state index in [0.29, 0.717) is 21.7 Å². The van der Waals surface area contributed by atoms with Crippen LogP contribution in [0.5, 0.6) is 0 Å². The summed E-state index contributed by atoms with van der Waals surface area (Å²) in [6.45, 7) is 0. The molecule has 0 atom stereocenters. The van der Waals surface area contributed by atoms with Gasteiger partial charge >= 0.3 is 0 Å². The Bertz CT molecular complexity index is 344. The summed E-state index contributed by atoms with van der Waals surface area (Å²) in [5, 5.41) is 0.390. The maximum Gasteiger partial charge on any atom is 0.256 e.